The molecule has 150 valence electrons. The molecule has 0 aliphatic carbocycles. The van der Waals surface area contributed by atoms with Crippen molar-refractivity contribution in [2.75, 3.05) is 23.7 Å². The van der Waals surface area contributed by atoms with Gasteiger partial charge in [-0.05, 0) is 42.7 Å². The van der Waals surface area contributed by atoms with E-state index >= 15 is 0 Å². The van der Waals surface area contributed by atoms with Crippen molar-refractivity contribution in [1.82, 2.24) is 4.90 Å². The van der Waals surface area contributed by atoms with Crippen LogP contribution in [0.5, 0.6) is 0 Å². The van der Waals surface area contributed by atoms with Gasteiger partial charge in [0.15, 0.2) is 0 Å². The zero-order valence-electron chi connectivity index (χ0n) is 15.8. The van der Waals surface area contributed by atoms with Crippen LogP contribution in [-0.4, -0.2) is 29.9 Å². The summed E-state index contributed by atoms with van der Waals surface area (Å²) < 4.78 is 0. The standard InChI is InChI=1S/C21H26N4O2.ClH/c22-19(16-8-4-3-5-9-16)20(26)23-17-10-12-18(13-11-17)24-21(27)25-14-6-1-2-7-15-25;/h3-5,8-13,19H,1-2,6-7,14-15,22H2,(H,23,26)(H,24,27);1H. The second-order valence-electron chi connectivity index (χ2n) is 6.79. The van der Waals surface area contributed by atoms with Crippen molar-refractivity contribution >= 4 is 35.7 Å². The highest BCUT2D eigenvalue weighted by atomic mass is 35.5. The van der Waals surface area contributed by atoms with E-state index in [1.807, 2.05) is 35.2 Å². The Hall–Kier alpha value is -2.57. The fourth-order valence-electron chi connectivity index (χ4n) is 3.14. The molecular formula is C21H27ClN4O2. The van der Waals surface area contributed by atoms with Crippen LogP contribution in [0.2, 0.25) is 0 Å². The van der Waals surface area contributed by atoms with Crippen molar-refractivity contribution in [3.05, 3.63) is 60.2 Å². The number of nitrogens with zero attached hydrogens (tertiary/aromatic N) is 1. The molecule has 0 aromatic heterocycles. The average Bonchev–Trinajstić information content (AvgIpc) is 2.99. The Morgan fingerprint density at radius 2 is 1.36 bits per heavy atom. The smallest absolute Gasteiger partial charge is 0.321 e. The summed E-state index contributed by atoms with van der Waals surface area (Å²) in [6, 6.07) is 15.5. The van der Waals surface area contributed by atoms with Gasteiger partial charge in [-0.25, -0.2) is 4.79 Å². The molecule has 3 amide bonds. The summed E-state index contributed by atoms with van der Waals surface area (Å²) in [7, 11) is 0. The van der Waals surface area contributed by atoms with Crippen LogP contribution in [0.4, 0.5) is 16.2 Å². The molecule has 1 saturated heterocycles. The maximum atomic E-state index is 12.4. The molecule has 0 saturated carbocycles. The molecule has 1 atom stereocenters. The highest BCUT2D eigenvalue weighted by Crippen LogP contribution is 2.18. The van der Waals surface area contributed by atoms with Crippen LogP contribution in [0.1, 0.15) is 37.3 Å². The summed E-state index contributed by atoms with van der Waals surface area (Å²) in [6.45, 7) is 1.61. The number of nitrogens with one attached hydrogen (secondary N) is 2. The Kier molecular flexibility index (Phi) is 8.29. The van der Waals surface area contributed by atoms with E-state index in [0.29, 0.717) is 11.4 Å². The summed E-state index contributed by atoms with van der Waals surface area (Å²) >= 11 is 0. The van der Waals surface area contributed by atoms with E-state index in [4.69, 9.17) is 5.73 Å². The molecule has 4 N–H and O–H groups in total. The van der Waals surface area contributed by atoms with E-state index in [-0.39, 0.29) is 24.3 Å². The normalized spacial score (nSPS) is 15.0. The topological polar surface area (TPSA) is 87.5 Å². The summed E-state index contributed by atoms with van der Waals surface area (Å²) in [5.41, 5.74) is 8.10. The minimum absolute atomic E-state index is 0. The van der Waals surface area contributed by atoms with Crippen LogP contribution in [0, 0.1) is 0 Å². The summed E-state index contributed by atoms with van der Waals surface area (Å²) in [5.74, 6) is -0.275. The molecule has 3 rings (SSSR count). The molecule has 0 bridgehead atoms. The van der Waals surface area contributed by atoms with E-state index in [1.165, 1.54) is 12.8 Å². The number of urea groups is 1. The first-order valence-corrected chi connectivity index (χ1v) is 9.41. The van der Waals surface area contributed by atoms with Crippen LogP contribution in [0.15, 0.2) is 54.6 Å². The lowest BCUT2D eigenvalue weighted by atomic mass is 10.1. The SMILES string of the molecule is Cl.NC(C(=O)Nc1ccc(NC(=O)N2CCCCCC2)cc1)c1ccccc1. The van der Waals surface area contributed by atoms with Crippen molar-refractivity contribution in [1.29, 1.82) is 0 Å². The molecule has 2 aromatic carbocycles. The molecule has 1 unspecified atom stereocenters. The number of halogens is 1. The molecule has 0 spiro atoms. The van der Waals surface area contributed by atoms with Gasteiger partial charge < -0.3 is 21.3 Å². The Balaban J connectivity index is 0.00000280. The van der Waals surface area contributed by atoms with E-state index in [1.54, 1.807) is 24.3 Å². The molecule has 2 aromatic rings. The van der Waals surface area contributed by atoms with Crippen molar-refractivity contribution in [2.24, 2.45) is 5.73 Å². The number of anilines is 2. The van der Waals surface area contributed by atoms with E-state index in [9.17, 15) is 9.59 Å². The molecule has 1 aliphatic heterocycles. The van der Waals surface area contributed by atoms with Gasteiger partial charge in [-0.15, -0.1) is 12.4 Å². The Labute approximate surface area is 171 Å². The molecule has 1 aliphatic rings. The van der Waals surface area contributed by atoms with E-state index < -0.39 is 6.04 Å². The lowest BCUT2D eigenvalue weighted by Crippen LogP contribution is -2.35. The fourth-order valence-corrected chi connectivity index (χ4v) is 3.14. The molecular weight excluding hydrogens is 376 g/mol. The van der Waals surface area contributed by atoms with Gasteiger partial charge in [0, 0.05) is 24.5 Å². The number of carbonyl (C=O) groups excluding carboxylic acids is 2. The predicted octanol–water partition coefficient (Wildman–Crippen LogP) is 4.15. The van der Waals surface area contributed by atoms with Crippen molar-refractivity contribution in [3.8, 4) is 0 Å². The van der Waals surface area contributed by atoms with Crippen LogP contribution >= 0.6 is 12.4 Å². The highest BCUT2D eigenvalue weighted by molar-refractivity contribution is 5.96. The lowest BCUT2D eigenvalue weighted by Gasteiger charge is -2.21. The van der Waals surface area contributed by atoms with E-state index in [2.05, 4.69) is 10.6 Å². The number of amides is 3. The van der Waals surface area contributed by atoms with Crippen molar-refractivity contribution in [3.63, 3.8) is 0 Å². The predicted molar refractivity (Wildman–Crippen MR) is 115 cm³/mol. The molecule has 1 heterocycles. The largest absolute Gasteiger partial charge is 0.325 e. The van der Waals surface area contributed by atoms with Crippen molar-refractivity contribution < 1.29 is 9.59 Å². The minimum Gasteiger partial charge on any atom is -0.325 e. The summed E-state index contributed by atoms with van der Waals surface area (Å²) in [6.07, 6.45) is 4.48. The van der Waals surface area contributed by atoms with Crippen LogP contribution in [0.25, 0.3) is 0 Å². The summed E-state index contributed by atoms with van der Waals surface area (Å²) in [4.78, 5) is 26.5. The Bertz CT molecular complexity index is 760. The number of carbonyl (C=O) groups is 2. The van der Waals surface area contributed by atoms with E-state index in [0.717, 1.165) is 31.5 Å². The monoisotopic (exact) mass is 402 g/mol. The zero-order valence-corrected chi connectivity index (χ0v) is 16.6. The number of rotatable bonds is 4. The average molecular weight is 403 g/mol. The number of likely N-dealkylation sites (tertiary alicyclic amines) is 1. The fraction of sp³-hybridized carbons (Fsp3) is 0.333. The molecule has 28 heavy (non-hydrogen) atoms. The van der Waals surface area contributed by atoms with Crippen molar-refractivity contribution in [2.45, 2.75) is 31.7 Å². The van der Waals surface area contributed by atoms with Crippen LogP contribution < -0.4 is 16.4 Å². The third-order valence-corrected chi connectivity index (χ3v) is 4.74. The summed E-state index contributed by atoms with van der Waals surface area (Å²) in [5, 5.41) is 5.72. The minimum atomic E-state index is -0.728. The van der Waals surface area contributed by atoms with Gasteiger partial charge in [0.1, 0.15) is 6.04 Å². The number of nitrogens with two attached hydrogens (primary N) is 1. The van der Waals surface area contributed by atoms with Crippen LogP contribution in [-0.2, 0) is 4.79 Å². The number of hydrogen-bond acceptors (Lipinski definition) is 3. The highest BCUT2D eigenvalue weighted by Gasteiger charge is 2.17. The van der Waals surface area contributed by atoms with Gasteiger partial charge in [-0.2, -0.15) is 0 Å². The van der Waals surface area contributed by atoms with Gasteiger partial charge >= 0.3 is 6.03 Å². The quantitative estimate of drug-likeness (QED) is 0.717. The Morgan fingerprint density at radius 1 is 0.821 bits per heavy atom. The number of benzene rings is 2. The third kappa shape index (κ3) is 5.97. The lowest BCUT2D eigenvalue weighted by molar-refractivity contribution is -0.117. The van der Waals surface area contributed by atoms with Crippen LogP contribution in [0.3, 0.4) is 0 Å². The van der Waals surface area contributed by atoms with Gasteiger partial charge in [-0.3, -0.25) is 4.79 Å². The van der Waals surface area contributed by atoms with Gasteiger partial charge in [0.25, 0.3) is 0 Å². The maximum absolute atomic E-state index is 12.4. The molecule has 7 heteroatoms. The van der Waals surface area contributed by atoms with Gasteiger partial charge in [-0.1, -0.05) is 43.2 Å². The first kappa shape index (κ1) is 21.7. The van der Waals surface area contributed by atoms with Gasteiger partial charge in [0.05, 0.1) is 0 Å². The maximum Gasteiger partial charge on any atom is 0.321 e. The first-order chi connectivity index (χ1) is 13.1. The third-order valence-electron chi connectivity index (χ3n) is 4.74. The number of hydrogen-bond donors (Lipinski definition) is 3. The molecule has 6 nitrogen and oxygen atoms in total. The Morgan fingerprint density at radius 3 is 1.93 bits per heavy atom. The molecule has 1 fully saturated rings. The zero-order chi connectivity index (χ0) is 19.1. The second-order valence-corrected chi connectivity index (χ2v) is 6.79. The first-order valence-electron chi connectivity index (χ1n) is 9.41. The molecule has 0 radical (unpaired) electrons. The van der Waals surface area contributed by atoms with Gasteiger partial charge in [0.2, 0.25) is 5.91 Å². The second kappa shape index (κ2) is 10.7.